The second kappa shape index (κ2) is 3.59. The van der Waals surface area contributed by atoms with Gasteiger partial charge in [-0.2, -0.15) is 0 Å². The second-order valence-electron chi connectivity index (χ2n) is 2.79. The molecule has 0 aliphatic heterocycles. The van der Waals surface area contributed by atoms with Gasteiger partial charge in [-0.1, -0.05) is 18.2 Å². The number of fused-ring (bicyclic) bond motifs is 1. The fourth-order valence-electron chi connectivity index (χ4n) is 1.27. The topological polar surface area (TPSA) is 43.1 Å². The van der Waals surface area contributed by atoms with Gasteiger partial charge in [-0.15, -0.1) is 11.3 Å². The summed E-state index contributed by atoms with van der Waals surface area (Å²) < 4.78 is 1.15. The zero-order valence-electron chi connectivity index (χ0n) is 7.21. The monoisotopic (exact) mass is 205 g/mol. The maximum Gasteiger partial charge on any atom is 0.235 e. The van der Waals surface area contributed by atoms with E-state index in [0.29, 0.717) is 0 Å². The van der Waals surface area contributed by atoms with Crippen molar-refractivity contribution < 1.29 is 4.92 Å². The van der Waals surface area contributed by atoms with Crippen LogP contribution in [-0.4, -0.2) is 4.92 Å². The third-order valence-corrected chi connectivity index (χ3v) is 2.87. The van der Waals surface area contributed by atoms with Gasteiger partial charge in [0.1, 0.15) is 0 Å². The molecular formula is C10H7NO2S. The molecule has 0 aliphatic carbocycles. The lowest BCUT2D eigenvalue weighted by molar-refractivity contribution is -0.400. The highest BCUT2D eigenvalue weighted by atomic mass is 32.1. The lowest BCUT2D eigenvalue weighted by Gasteiger charge is -1.88. The smallest absolute Gasteiger partial charge is 0.235 e. The largest absolute Gasteiger partial charge is 0.259 e. The van der Waals surface area contributed by atoms with Crippen LogP contribution in [0.1, 0.15) is 5.56 Å². The molecule has 0 amide bonds. The summed E-state index contributed by atoms with van der Waals surface area (Å²) in [5.74, 6) is 0. The SMILES string of the molecule is O=[N+]([O-])/C=C/c1csc2ccccc12. The van der Waals surface area contributed by atoms with Gasteiger partial charge in [0.25, 0.3) is 0 Å². The molecule has 0 saturated heterocycles. The van der Waals surface area contributed by atoms with Crippen molar-refractivity contribution in [2.45, 2.75) is 0 Å². The van der Waals surface area contributed by atoms with Crippen LogP contribution in [0.3, 0.4) is 0 Å². The molecule has 0 spiro atoms. The minimum atomic E-state index is -0.452. The predicted molar refractivity (Wildman–Crippen MR) is 57.9 cm³/mol. The van der Waals surface area contributed by atoms with Crippen LogP contribution in [0.4, 0.5) is 0 Å². The third kappa shape index (κ3) is 1.65. The molecule has 14 heavy (non-hydrogen) atoms. The summed E-state index contributed by atoms with van der Waals surface area (Å²) >= 11 is 1.59. The molecule has 0 aliphatic rings. The lowest BCUT2D eigenvalue weighted by atomic mass is 10.2. The van der Waals surface area contributed by atoms with Gasteiger partial charge in [0.15, 0.2) is 0 Å². The minimum absolute atomic E-state index is 0.452. The molecule has 0 unspecified atom stereocenters. The van der Waals surface area contributed by atoms with Crippen LogP contribution < -0.4 is 0 Å². The number of hydrogen-bond donors (Lipinski definition) is 0. The molecule has 1 heterocycles. The molecule has 0 fully saturated rings. The molecule has 1 aromatic heterocycles. The Morgan fingerprint density at radius 1 is 1.36 bits per heavy atom. The molecule has 3 nitrogen and oxygen atoms in total. The molecule has 70 valence electrons. The number of nitro groups is 1. The molecule has 2 rings (SSSR count). The quantitative estimate of drug-likeness (QED) is 0.558. The van der Waals surface area contributed by atoms with Crippen LogP contribution >= 0.6 is 11.3 Å². The Morgan fingerprint density at radius 3 is 2.93 bits per heavy atom. The first-order chi connectivity index (χ1) is 6.77. The normalized spacial score (nSPS) is 11.1. The van der Waals surface area contributed by atoms with E-state index in [9.17, 15) is 10.1 Å². The second-order valence-corrected chi connectivity index (χ2v) is 3.70. The predicted octanol–water partition coefficient (Wildman–Crippen LogP) is 3.15. The van der Waals surface area contributed by atoms with Gasteiger partial charge >= 0.3 is 0 Å². The molecule has 0 saturated carbocycles. The Kier molecular flexibility index (Phi) is 2.28. The van der Waals surface area contributed by atoms with Crippen LogP contribution in [0.2, 0.25) is 0 Å². The van der Waals surface area contributed by atoms with Gasteiger partial charge < -0.3 is 0 Å². The first-order valence-corrected chi connectivity index (χ1v) is 4.93. The Labute approximate surface area is 84.4 Å². The number of rotatable bonds is 2. The van der Waals surface area contributed by atoms with Crippen molar-refractivity contribution in [1.29, 1.82) is 0 Å². The first kappa shape index (κ1) is 8.90. The number of nitrogens with zero attached hydrogens (tertiary/aromatic N) is 1. The molecule has 1 aromatic carbocycles. The van der Waals surface area contributed by atoms with Crippen molar-refractivity contribution in [2.75, 3.05) is 0 Å². The van der Waals surface area contributed by atoms with Crippen LogP contribution in [0, 0.1) is 10.1 Å². The van der Waals surface area contributed by atoms with E-state index in [0.717, 1.165) is 21.8 Å². The van der Waals surface area contributed by atoms with Crippen LogP contribution in [0.5, 0.6) is 0 Å². The van der Waals surface area contributed by atoms with Gasteiger partial charge in [0, 0.05) is 10.8 Å². The third-order valence-electron chi connectivity index (χ3n) is 1.89. The number of hydrogen-bond acceptors (Lipinski definition) is 3. The van der Waals surface area contributed by atoms with E-state index < -0.39 is 4.92 Å². The van der Waals surface area contributed by atoms with Gasteiger partial charge in [-0.05, 0) is 22.4 Å². The highest BCUT2D eigenvalue weighted by Crippen LogP contribution is 2.26. The molecule has 0 atom stereocenters. The molecule has 0 N–H and O–H groups in total. The summed E-state index contributed by atoms with van der Waals surface area (Å²) in [5.41, 5.74) is 0.905. The zero-order valence-corrected chi connectivity index (χ0v) is 8.03. The maximum atomic E-state index is 10.2. The first-order valence-electron chi connectivity index (χ1n) is 4.05. The van der Waals surface area contributed by atoms with Gasteiger partial charge in [-0.3, -0.25) is 10.1 Å². The Hall–Kier alpha value is -1.68. The van der Waals surface area contributed by atoms with Gasteiger partial charge in [0.05, 0.1) is 4.92 Å². The van der Waals surface area contributed by atoms with Crippen molar-refractivity contribution in [3.8, 4) is 0 Å². The highest BCUT2D eigenvalue weighted by Gasteiger charge is 2.00. The summed E-state index contributed by atoms with van der Waals surface area (Å²) in [6.07, 6.45) is 2.49. The fourth-order valence-corrected chi connectivity index (χ4v) is 2.20. The van der Waals surface area contributed by atoms with E-state index in [-0.39, 0.29) is 0 Å². The summed E-state index contributed by atoms with van der Waals surface area (Å²) in [6, 6.07) is 7.85. The molecule has 2 aromatic rings. The van der Waals surface area contributed by atoms with Crippen molar-refractivity contribution in [2.24, 2.45) is 0 Å². The maximum absolute atomic E-state index is 10.2. The molecule has 0 bridgehead atoms. The van der Waals surface area contributed by atoms with Crippen molar-refractivity contribution in [1.82, 2.24) is 0 Å². The van der Waals surface area contributed by atoms with E-state index >= 15 is 0 Å². The van der Waals surface area contributed by atoms with Crippen LogP contribution in [-0.2, 0) is 0 Å². The van der Waals surface area contributed by atoms with Crippen molar-refractivity contribution >= 4 is 27.5 Å². The summed E-state index contributed by atoms with van der Waals surface area (Å²) in [5, 5.41) is 13.1. The Balaban J connectivity index is 2.48. The Bertz CT molecular complexity index is 502. The lowest BCUT2D eigenvalue weighted by Crippen LogP contribution is -1.81. The average molecular weight is 205 g/mol. The number of benzene rings is 1. The molecular weight excluding hydrogens is 198 g/mol. The van der Waals surface area contributed by atoms with Crippen molar-refractivity contribution in [3.63, 3.8) is 0 Å². The summed E-state index contributed by atoms with van der Waals surface area (Å²) in [7, 11) is 0. The van der Waals surface area contributed by atoms with E-state index in [2.05, 4.69) is 0 Å². The summed E-state index contributed by atoms with van der Waals surface area (Å²) in [6.45, 7) is 0. The zero-order chi connectivity index (χ0) is 9.97. The van der Waals surface area contributed by atoms with E-state index in [1.54, 1.807) is 11.3 Å². The van der Waals surface area contributed by atoms with E-state index in [1.165, 1.54) is 6.08 Å². The summed E-state index contributed by atoms with van der Waals surface area (Å²) in [4.78, 5) is 9.70. The minimum Gasteiger partial charge on any atom is -0.259 e. The van der Waals surface area contributed by atoms with Crippen molar-refractivity contribution in [3.05, 3.63) is 51.5 Å². The van der Waals surface area contributed by atoms with Crippen LogP contribution in [0.15, 0.2) is 35.8 Å². The van der Waals surface area contributed by atoms with Gasteiger partial charge in [0.2, 0.25) is 6.20 Å². The van der Waals surface area contributed by atoms with E-state index in [4.69, 9.17) is 0 Å². The van der Waals surface area contributed by atoms with Crippen LogP contribution in [0.25, 0.3) is 16.2 Å². The highest BCUT2D eigenvalue weighted by molar-refractivity contribution is 7.17. The number of thiophene rings is 1. The molecule has 4 heteroatoms. The standard InChI is InChI=1S/C10H7NO2S/c12-11(13)6-5-8-7-14-10-4-2-1-3-9(8)10/h1-7H/b6-5+. The average Bonchev–Trinajstić information content (AvgIpc) is 2.58. The fraction of sp³-hybridized carbons (Fsp3) is 0. The van der Waals surface area contributed by atoms with Gasteiger partial charge in [-0.25, -0.2) is 0 Å². The van der Waals surface area contributed by atoms with E-state index in [1.807, 2.05) is 29.6 Å². The Morgan fingerprint density at radius 2 is 2.14 bits per heavy atom. The molecule has 0 radical (unpaired) electrons.